The van der Waals surface area contributed by atoms with E-state index < -0.39 is 7.12 Å². The largest absolute Gasteiger partial charge is 0.516 e. The van der Waals surface area contributed by atoms with Crippen LogP contribution in [0.4, 0.5) is 0 Å². The quantitative estimate of drug-likeness (QED) is 0.778. The van der Waals surface area contributed by atoms with Crippen molar-refractivity contribution in [3.63, 3.8) is 0 Å². The Morgan fingerprint density at radius 1 is 1.21 bits per heavy atom. The number of aromatic nitrogens is 2. The van der Waals surface area contributed by atoms with Gasteiger partial charge in [0.1, 0.15) is 0 Å². The fourth-order valence-corrected chi connectivity index (χ4v) is 1.87. The molecule has 2 rings (SSSR count). The predicted molar refractivity (Wildman–Crippen MR) is 74.7 cm³/mol. The van der Waals surface area contributed by atoms with Crippen molar-refractivity contribution in [2.24, 2.45) is 7.05 Å². The van der Waals surface area contributed by atoms with E-state index in [2.05, 4.69) is 4.98 Å². The Morgan fingerprint density at radius 2 is 1.74 bits per heavy atom. The number of ether oxygens (including phenoxy) is 1. The predicted octanol–water partition coefficient (Wildman–Crippen LogP) is 1.51. The van der Waals surface area contributed by atoms with Crippen molar-refractivity contribution in [1.29, 1.82) is 0 Å². The molecule has 1 aromatic heterocycles. The minimum Gasteiger partial charge on any atom is -0.462 e. The smallest absolute Gasteiger partial charge is 0.462 e. The second kappa shape index (κ2) is 4.53. The van der Waals surface area contributed by atoms with Gasteiger partial charge in [0.25, 0.3) is 6.01 Å². The number of nitrogens with zero attached hydrogens (tertiary/aromatic N) is 2. The van der Waals surface area contributed by atoms with Gasteiger partial charge in [0.15, 0.2) is 0 Å². The molecule has 0 bridgehead atoms. The molecule has 0 spiro atoms. The molecule has 0 aliphatic carbocycles. The molecular formula is C13H23BN2O3. The van der Waals surface area contributed by atoms with Gasteiger partial charge in [0.05, 0.1) is 22.9 Å². The van der Waals surface area contributed by atoms with Gasteiger partial charge in [-0.25, -0.2) is 4.98 Å². The van der Waals surface area contributed by atoms with Crippen LogP contribution in [0.25, 0.3) is 0 Å². The summed E-state index contributed by atoms with van der Waals surface area (Å²) in [5.41, 5.74) is 0.0412. The Morgan fingerprint density at radius 3 is 2.21 bits per heavy atom. The summed E-state index contributed by atoms with van der Waals surface area (Å²) >= 11 is 0. The molecule has 2 heterocycles. The van der Waals surface area contributed by atoms with Crippen LogP contribution < -0.4 is 10.3 Å². The summed E-state index contributed by atoms with van der Waals surface area (Å²) in [7, 11) is 1.46. The summed E-state index contributed by atoms with van der Waals surface area (Å²) in [6.07, 6.45) is 1.98. The molecule has 1 aliphatic heterocycles. The molecule has 1 aromatic rings. The van der Waals surface area contributed by atoms with Crippen LogP contribution in [-0.2, 0) is 16.4 Å². The van der Waals surface area contributed by atoms with E-state index in [4.69, 9.17) is 14.0 Å². The lowest BCUT2D eigenvalue weighted by Crippen LogP contribution is -2.41. The zero-order valence-corrected chi connectivity index (χ0v) is 12.9. The van der Waals surface area contributed by atoms with Crippen molar-refractivity contribution in [2.75, 3.05) is 0 Å². The normalized spacial score (nSPS) is 21.2. The first-order valence-electron chi connectivity index (χ1n) is 6.68. The van der Waals surface area contributed by atoms with Crippen molar-refractivity contribution < 1.29 is 14.0 Å². The highest BCUT2D eigenvalue weighted by atomic mass is 16.7. The lowest BCUT2D eigenvalue weighted by atomic mass is 9.86. The minimum atomic E-state index is -0.444. The maximum Gasteiger partial charge on any atom is 0.516 e. The van der Waals surface area contributed by atoms with Crippen LogP contribution in [0, 0.1) is 0 Å². The molecule has 106 valence electrons. The lowest BCUT2D eigenvalue weighted by Gasteiger charge is -2.32. The molecule has 1 fully saturated rings. The van der Waals surface area contributed by atoms with Gasteiger partial charge in [0, 0.05) is 13.2 Å². The number of rotatable bonds is 3. The average Bonchev–Trinajstić information content (AvgIpc) is 2.66. The molecule has 6 heteroatoms. The van der Waals surface area contributed by atoms with Gasteiger partial charge >= 0.3 is 7.12 Å². The first-order valence-corrected chi connectivity index (χ1v) is 6.68. The fraction of sp³-hybridized carbons (Fsp3) is 0.769. The first-order chi connectivity index (χ1) is 8.62. The highest BCUT2D eigenvalue weighted by Crippen LogP contribution is 2.36. The first kappa shape index (κ1) is 14.4. The molecule has 0 aromatic carbocycles. The van der Waals surface area contributed by atoms with Crippen LogP contribution in [0.3, 0.4) is 0 Å². The van der Waals surface area contributed by atoms with Gasteiger partial charge in [-0.05, 0) is 41.5 Å². The number of aryl methyl sites for hydroxylation is 1. The third-order valence-corrected chi connectivity index (χ3v) is 3.69. The lowest BCUT2D eigenvalue weighted by molar-refractivity contribution is 0.00578. The second-order valence-corrected chi connectivity index (χ2v) is 6.31. The van der Waals surface area contributed by atoms with Gasteiger partial charge in [-0.1, -0.05) is 0 Å². The molecule has 19 heavy (non-hydrogen) atoms. The highest BCUT2D eigenvalue weighted by Gasteiger charge is 2.52. The molecule has 0 N–H and O–H groups in total. The van der Waals surface area contributed by atoms with E-state index in [1.54, 1.807) is 0 Å². The van der Waals surface area contributed by atoms with Crippen LogP contribution in [-0.4, -0.2) is 34.0 Å². The van der Waals surface area contributed by atoms with Crippen molar-refractivity contribution in [3.05, 3.63) is 6.20 Å². The number of hydrogen-bond acceptors (Lipinski definition) is 4. The summed E-state index contributed by atoms with van der Waals surface area (Å²) in [6, 6.07) is 0.583. The molecule has 0 amide bonds. The Balaban J connectivity index is 2.21. The average molecular weight is 266 g/mol. The summed E-state index contributed by atoms with van der Waals surface area (Å²) < 4.78 is 19.4. The van der Waals surface area contributed by atoms with E-state index in [1.807, 2.05) is 59.4 Å². The Hall–Kier alpha value is -1.01. The Bertz CT molecular complexity index is 452. The molecule has 1 saturated heterocycles. The molecule has 0 atom stereocenters. The Labute approximate surface area is 115 Å². The van der Waals surface area contributed by atoms with E-state index in [9.17, 15) is 0 Å². The third kappa shape index (κ3) is 2.65. The van der Waals surface area contributed by atoms with Gasteiger partial charge < -0.3 is 18.6 Å². The zero-order valence-electron chi connectivity index (χ0n) is 12.9. The SMILES string of the molecule is CC(C)Oc1nc(B2OC(C)(C)C(C)(C)O2)cn1C. The topological polar surface area (TPSA) is 45.5 Å². The highest BCUT2D eigenvalue weighted by molar-refractivity contribution is 6.61. The van der Waals surface area contributed by atoms with Crippen molar-refractivity contribution in [1.82, 2.24) is 9.55 Å². The summed E-state index contributed by atoms with van der Waals surface area (Å²) in [5.74, 6) is 0. The van der Waals surface area contributed by atoms with E-state index in [0.717, 1.165) is 5.59 Å². The second-order valence-electron chi connectivity index (χ2n) is 6.31. The van der Waals surface area contributed by atoms with E-state index in [-0.39, 0.29) is 17.3 Å². The zero-order chi connectivity index (χ0) is 14.4. The minimum absolute atomic E-state index is 0.0900. The standard InChI is InChI=1S/C13H23BN2O3/c1-9(2)17-11-15-10(8-16(11)7)14-18-12(3,4)13(5,6)19-14/h8-9H,1-7H3. The van der Waals surface area contributed by atoms with Crippen molar-refractivity contribution >= 4 is 12.7 Å². The molecule has 0 saturated carbocycles. The Kier molecular flexibility index (Phi) is 3.43. The van der Waals surface area contributed by atoms with Crippen LogP contribution in [0.15, 0.2) is 6.20 Å². The fourth-order valence-electron chi connectivity index (χ4n) is 1.87. The summed E-state index contributed by atoms with van der Waals surface area (Å²) in [6.45, 7) is 12.1. The van der Waals surface area contributed by atoms with E-state index >= 15 is 0 Å². The molecular weight excluding hydrogens is 243 g/mol. The van der Waals surface area contributed by atoms with Gasteiger partial charge in [-0.3, -0.25) is 0 Å². The monoisotopic (exact) mass is 266 g/mol. The van der Waals surface area contributed by atoms with E-state index in [1.165, 1.54) is 0 Å². The van der Waals surface area contributed by atoms with Crippen LogP contribution in [0.5, 0.6) is 6.01 Å². The third-order valence-electron chi connectivity index (χ3n) is 3.69. The summed E-state index contributed by atoms with van der Waals surface area (Å²) in [5, 5.41) is 0. The molecule has 0 radical (unpaired) electrons. The summed E-state index contributed by atoms with van der Waals surface area (Å²) in [4.78, 5) is 4.45. The number of imidazole rings is 1. The van der Waals surface area contributed by atoms with Gasteiger partial charge in [0.2, 0.25) is 0 Å². The van der Waals surface area contributed by atoms with Crippen molar-refractivity contribution in [2.45, 2.75) is 58.8 Å². The molecule has 0 unspecified atom stereocenters. The van der Waals surface area contributed by atoms with Crippen LogP contribution in [0.1, 0.15) is 41.5 Å². The van der Waals surface area contributed by atoms with E-state index in [0.29, 0.717) is 6.01 Å². The maximum absolute atomic E-state index is 5.97. The van der Waals surface area contributed by atoms with Crippen molar-refractivity contribution in [3.8, 4) is 6.01 Å². The molecule has 5 nitrogen and oxygen atoms in total. The van der Waals surface area contributed by atoms with Gasteiger partial charge in [-0.15, -0.1) is 0 Å². The number of hydrogen-bond donors (Lipinski definition) is 0. The van der Waals surface area contributed by atoms with Crippen LogP contribution >= 0.6 is 0 Å². The maximum atomic E-state index is 5.97. The van der Waals surface area contributed by atoms with Crippen LogP contribution in [0.2, 0.25) is 0 Å². The molecule has 1 aliphatic rings. The van der Waals surface area contributed by atoms with Gasteiger partial charge in [-0.2, -0.15) is 0 Å².